The van der Waals surface area contributed by atoms with Gasteiger partial charge in [-0.15, -0.1) is 0 Å². The van der Waals surface area contributed by atoms with Crippen molar-refractivity contribution < 1.29 is 8.42 Å². The first-order valence-corrected chi connectivity index (χ1v) is 9.72. The van der Waals surface area contributed by atoms with Crippen molar-refractivity contribution >= 4 is 21.6 Å². The van der Waals surface area contributed by atoms with E-state index in [2.05, 4.69) is 36.5 Å². The lowest BCUT2D eigenvalue weighted by Crippen LogP contribution is -2.27. The minimum absolute atomic E-state index is 0.267. The highest BCUT2D eigenvalue weighted by Crippen LogP contribution is 2.38. The van der Waals surface area contributed by atoms with Crippen LogP contribution in [-0.2, 0) is 16.3 Å². The van der Waals surface area contributed by atoms with Gasteiger partial charge in [0.15, 0.2) is 0 Å². The minimum Gasteiger partial charge on any atom is -0.309 e. The van der Waals surface area contributed by atoms with E-state index >= 15 is 0 Å². The van der Waals surface area contributed by atoms with Gasteiger partial charge in [-0.05, 0) is 24.1 Å². The zero-order valence-electron chi connectivity index (χ0n) is 11.4. The Labute approximate surface area is 120 Å². The molecule has 0 amide bonds. The average Bonchev–Trinajstić information content (AvgIpc) is 2.67. The standard InChI is InChI=1S/C14H21NO2S2/c1-3-15-14-12-7-5-4-6-11(12)10-13(14)18-8-9-19(2,16)17/h4-7,13-15H,3,8-10H2,1-2H3. The third kappa shape index (κ3) is 3.97. The van der Waals surface area contributed by atoms with E-state index in [1.807, 2.05) is 0 Å². The molecule has 2 rings (SSSR count). The van der Waals surface area contributed by atoms with Crippen molar-refractivity contribution in [1.82, 2.24) is 5.32 Å². The molecule has 0 aliphatic heterocycles. The summed E-state index contributed by atoms with van der Waals surface area (Å²) >= 11 is 1.77. The van der Waals surface area contributed by atoms with Crippen molar-refractivity contribution in [2.45, 2.75) is 24.6 Å². The van der Waals surface area contributed by atoms with Gasteiger partial charge in [-0.1, -0.05) is 31.2 Å². The molecule has 1 aliphatic carbocycles. The van der Waals surface area contributed by atoms with Crippen molar-refractivity contribution in [3.8, 4) is 0 Å². The zero-order valence-corrected chi connectivity index (χ0v) is 13.1. The summed E-state index contributed by atoms with van der Waals surface area (Å²) in [4.78, 5) is 0. The van der Waals surface area contributed by atoms with Crippen LogP contribution < -0.4 is 5.32 Å². The molecule has 1 aliphatic rings. The molecule has 0 spiro atoms. The predicted octanol–water partition coefficient (Wildman–Crippen LogP) is 2.04. The molecule has 0 fully saturated rings. The molecule has 106 valence electrons. The molecule has 5 heteroatoms. The number of thioether (sulfide) groups is 1. The van der Waals surface area contributed by atoms with Gasteiger partial charge in [0.25, 0.3) is 0 Å². The first-order valence-electron chi connectivity index (χ1n) is 6.62. The molecule has 19 heavy (non-hydrogen) atoms. The number of benzene rings is 1. The van der Waals surface area contributed by atoms with Gasteiger partial charge in [-0.3, -0.25) is 0 Å². The van der Waals surface area contributed by atoms with E-state index in [4.69, 9.17) is 0 Å². The average molecular weight is 299 g/mol. The number of hydrogen-bond donors (Lipinski definition) is 1. The van der Waals surface area contributed by atoms with Crippen molar-refractivity contribution in [3.63, 3.8) is 0 Å². The summed E-state index contributed by atoms with van der Waals surface area (Å²) in [7, 11) is -2.85. The fraction of sp³-hybridized carbons (Fsp3) is 0.571. The summed E-state index contributed by atoms with van der Waals surface area (Å²) in [5.41, 5.74) is 2.77. The number of fused-ring (bicyclic) bond motifs is 1. The van der Waals surface area contributed by atoms with Crippen LogP contribution in [0.25, 0.3) is 0 Å². The Kier molecular flexibility index (Phi) is 4.92. The number of hydrogen-bond acceptors (Lipinski definition) is 4. The Balaban J connectivity index is 2.02. The van der Waals surface area contributed by atoms with Gasteiger partial charge in [-0.2, -0.15) is 11.8 Å². The molecule has 1 N–H and O–H groups in total. The molecule has 3 nitrogen and oxygen atoms in total. The third-order valence-corrected chi connectivity index (χ3v) is 5.90. The molecule has 0 bridgehead atoms. The molecule has 0 saturated heterocycles. The molecule has 0 aromatic heterocycles. The first-order chi connectivity index (χ1) is 9.01. The van der Waals surface area contributed by atoms with Crippen LogP contribution in [0, 0.1) is 0 Å². The van der Waals surface area contributed by atoms with Crippen LogP contribution in [0.3, 0.4) is 0 Å². The Bertz CT molecular complexity index is 528. The van der Waals surface area contributed by atoms with E-state index in [9.17, 15) is 8.42 Å². The fourth-order valence-electron chi connectivity index (χ4n) is 2.53. The van der Waals surface area contributed by atoms with Crippen LogP contribution in [-0.4, -0.2) is 38.0 Å². The minimum atomic E-state index is -2.85. The summed E-state index contributed by atoms with van der Waals surface area (Å²) in [6.07, 6.45) is 2.33. The number of sulfone groups is 1. The SMILES string of the molecule is CCNC1c2ccccc2CC1SCCS(C)(=O)=O. The molecular formula is C14H21NO2S2. The van der Waals surface area contributed by atoms with Gasteiger partial charge in [0.05, 0.1) is 5.75 Å². The lowest BCUT2D eigenvalue weighted by Gasteiger charge is -2.20. The molecule has 0 radical (unpaired) electrons. The lowest BCUT2D eigenvalue weighted by atomic mass is 10.1. The van der Waals surface area contributed by atoms with Crippen LogP contribution in [0.15, 0.2) is 24.3 Å². The highest BCUT2D eigenvalue weighted by atomic mass is 32.2. The second kappa shape index (κ2) is 6.29. The predicted molar refractivity (Wildman–Crippen MR) is 82.5 cm³/mol. The molecule has 0 heterocycles. The van der Waals surface area contributed by atoms with Gasteiger partial charge < -0.3 is 5.32 Å². The Morgan fingerprint density at radius 2 is 2.11 bits per heavy atom. The van der Waals surface area contributed by atoms with Gasteiger partial charge in [-0.25, -0.2) is 8.42 Å². The Morgan fingerprint density at radius 3 is 2.79 bits per heavy atom. The van der Waals surface area contributed by atoms with E-state index < -0.39 is 9.84 Å². The maximum atomic E-state index is 11.2. The summed E-state index contributed by atoms with van der Waals surface area (Å²) in [5.74, 6) is 0.947. The molecule has 0 saturated carbocycles. The second-order valence-electron chi connectivity index (χ2n) is 4.98. The fourth-order valence-corrected chi connectivity index (χ4v) is 5.16. The normalized spacial score (nSPS) is 22.4. The van der Waals surface area contributed by atoms with Crippen LogP contribution in [0.1, 0.15) is 24.1 Å². The molecular weight excluding hydrogens is 278 g/mol. The molecule has 1 aromatic rings. The van der Waals surface area contributed by atoms with Crippen molar-refractivity contribution in [3.05, 3.63) is 35.4 Å². The van der Waals surface area contributed by atoms with Gasteiger partial charge in [0, 0.05) is 23.3 Å². The first kappa shape index (κ1) is 14.9. The summed E-state index contributed by atoms with van der Waals surface area (Å²) in [5, 5.41) is 3.97. The second-order valence-corrected chi connectivity index (χ2v) is 8.58. The monoisotopic (exact) mass is 299 g/mol. The topological polar surface area (TPSA) is 46.2 Å². The highest BCUT2D eigenvalue weighted by Gasteiger charge is 2.31. The van der Waals surface area contributed by atoms with Crippen molar-refractivity contribution in [2.75, 3.05) is 24.3 Å². The zero-order chi connectivity index (χ0) is 13.9. The van der Waals surface area contributed by atoms with Crippen LogP contribution in [0.4, 0.5) is 0 Å². The number of nitrogens with one attached hydrogen (secondary N) is 1. The van der Waals surface area contributed by atoms with E-state index in [0.29, 0.717) is 17.0 Å². The van der Waals surface area contributed by atoms with E-state index in [1.54, 1.807) is 11.8 Å². The maximum Gasteiger partial charge on any atom is 0.148 e. The largest absolute Gasteiger partial charge is 0.309 e. The van der Waals surface area contributed by atoms with Gasteiger partial charge in [0.1, 0.15) is 9.84 Å². The van der Waals surface area contributed by atoms with Crippen LogP contribution in [0.5, 0.6) is 0 Å². The highest BCUT2D eigenvalue weighted by molar-refractivity contribution is 8.01. The summed E-state index contributed by atoms with van der Waals surface area (Å²) < 4.78 is 22.4. The van der Waals surface area contributed by atoms with E-state index in [-0.39, 0.29) is 5.75 Å². The molecule has 2 unspecified atom stereocenters. The molecule has 1 aromatic carbocycles. The van der Waals surface area contributed by atoms with Crippen LogP contribution in [0.2, 0.25) is 0 Å². The van der Waals surface area contributed by atoms with Crippen molar-refractivity contribution in [2.24, 2.45) is 0 Å². The summed E-state index contributed by atoms with van der Waals surface area (Å²) in [6.45, 7) is 3.04. The van der Waals surface area contributed by atoms with Gasteiger partial charge >= 0.3 is 0 Å². The smallest absolute Gasteiger partial charge is 0.148 e. The Morgan fingerprint density at radius 1 is 1.37 bits per heavy atom. The maximum absolute atomic E-state index is 11.2. The van der Waals surface area contributed by atoms with E-state index in [0.717, 1.165) is 13.0 Å². The van der Waals surface area contributed by atoms with Gasteiger partial charge in [0.2, 0.25) is 0 Å². The number of rotatable bonds is 6. The third-order valence-electron chi connectivity index (χ3n) is 3.39. The lowest BCUT2D eigenvalue weighted by molar-refractivity contribution is 0.560. The Hall–Kier alpha value is -0.520. The summed E-state index contributed by atoms with van der Waals surface area (Å²) in [6, 6.07) is 8.86. The van der Waals surface area contributed by atoms with Crippen molar-refractivity contribution in [1.29, 1.82) is 0 Å². The molecule has 2 atom stereocenters. The van der Waals surface area contributed by atoms with Crippen LogP contribution >= 0.6 is 11.8 Å². The van der Waals surface area contributed by atoms with E-state index in [1.165, 1.54) is 17.4 Å². The quantitative estimate of drug-likeness (QED) is 0.873.